The Balaban J connectivity index is 2.03. The molecule has 2 aromatic rings. The summed E-state index contributed by atoms with van der Waals surface area (Å²) in [6.07, 6.45) is -0.319. The maximum absolute atomic E-state index is 12.3. The van der Waals surface area contributed by atoms with Crippen molar-refractivity contribution in [2.75, 3.05) is 14.2 Å². The smallest absolute Gasteiger partial charge is 0.335 e. The maximum Gasteiger partial charge on any atom is 0.335 e. The number of hydrogen-bond acceptors (Lipinski definition) is 6. The van der Waals surface area contributed by atoms with Crippen LogP contribution in [0.2, 0.25) is 0 Å². The van der Waals surface area contributed by atoms with Crippen LogP contribution >= 0.6 is 0 Å². The minimum Gasteiger partial charge on any atom is -0.478 e. The number of carboxylic acid groups (broad SMARTS) is 1. The van der Waals surface area contributed by atoms with Gasteiger partial charge in [-0.05, 0) is 18.6 Å². The van der Waals surface area contributed by atoms with Gasteiger partial charge in [-0.3, -0.25) is 4.79 Å². The fourth-order valence-corrected chi connectivity index (χ4v) is 2.07. The molecule has 1 aromatic carbocycles. The first-order valence-corrected chi connectivity index (χ1v) is 7.32. The van der Waals surface area contributed by atoms with Gasteiger partial charge in [0.15, 0.2) is 5.82 Å². The van der Waals surface area contributed by atoms with E-state index in [0.29, 0.717) is 11.4 Å². The molecule has 8 heteroatoms. The minimum absolute atomic E-state index is 0.0194. The molecule has 8 nitrogen and oxygen atoms in total. The molecule has 1 aromatic heterocycles. The Kier molecular flexibility index (Phi) is 5.64. The van der Waals surface area contributed by atoms with Crippen LogP contribution in [0.1, 0.15) is 40.7 Å². The highest BCUT2D eigenvalue weighted by Gasteiger charge is 2.19. The number of amides is 1. The number of aromatic carboxylic acids is 1. The molecule has 128 valence electrons. The van der Waals surface area contributed by atoms with Crippen molar-refractivity contribution in [3.8, 4) is 0 Å². The third-order valence-corrected chi connectivity index (χ3v) is 3.59. The summed E-state index contributed by atoms with van der Waals surface area (Å²) in [6, 6.07) is 6.42. The van der Waals surface area contributed by atoms with Crippen LogP contribution in [-0.4, -0.2) is 46.2 Å². The van der Waals surface area contributed by atoms with Crippen LogP contribution in [0.15, 0.2) is 28.8 Å². The highest BCUT2D eigenvalue weighted by atomic mass is 16.5. The van der Waals surface area contributed by atoms with Crippen LogP contribution in [0.4, 0.5) is 0 Å². The van der Waals surface area contributed by atoms with E-state index in [1.165, 1.54) is 18.1 Å². The Labute approximate surface area is 139 Å². The van der Waals surface area contributed by atoms with Crippen molar-refractivity contribution in [2.24, 2.45) is 0 Å². The number of carbonyl (C=O) groups is 2. The highest BCUT2D eigenvalue weighted by molar-refractivity contribution is 5.91. The van der Waals surface area contributed by atoms with Gasteiger partial charge in [-0.15, -0.1) is 0 Å². The summed E-state index contributed by atoms with van der Waals surface area (Å²) in [5.74, 6) is -0.611. The van der Waals surface area contributed by atoms with E-state index in [4.69, 9.17) is 14.4 Å². The number of aromatic nitrogens is 2. The molecule has 0 spiro atoms. The number of rotatable bonds is 7. The number of methoxy groups -OCH3 is 1. The lowest BCUT2D eigenvalue weighted by molar-refractivity contribution is -0.130. The fraction of sp³-hybridized carbons (Fsp3) is 0.375. The van der Waals surface area contributed by atoms with Crippen LogP contribution in [-0.2, 0) is 22.5 Å². The van der Waals surface area contributed by atoms with Crippen LogP contribution in [0.5, 0.6) is 0 Å². The minimum atomic E-state index is -1.06. The van der Waals surface area contributed by atoms with Gasteiger partial charge in [0.1, 0.15) is 6.10 Å². The molecular formula is C16H19N3O5. The monoisotopic (exact) mass is 333 g/mol. The standard InChI is InChI=1S/C16H19N3O5/c1-10(23-3)15-17-13(24-18-15)9-19(2)14(20)8-11-6-4-5-7-12(11)16(21)22/h4-7,10H,8-9H2,1-3H3,(H,21,22). The van der Waals surface area contributed by atoms with Crippen LogP contribution in [0.25, 0.3) is 0 Å². The molecule has 0 aliphatic carbocycles. The predicted molar refractivity (Wildman–Crippen MR) is 83.3 cm³/mol. The molecule has 0 radical (unpaired) electrons. The van der Waals surface area contributed by atoms with Gasteiger partial charge in [-0.2, -0.15) is 4.98 Å². The van der Waals surface area contributed by atoms with Gasteiger partial charge in [0.05, 0.1) is 18.5 Å². The predicted octanol–water partition coefficient (Wildman–Crippen LogP) is 1.68. The lowest BCUT2D eigenvalue weighted by atomic mass is 10.0. The summed E-state index contributed by atoms with van der Waals surface area (Å²) in [5, 5.41) is 13.0. The van der Waals surface area contributed by atoms with Crippen molar-refractivity contribution < 1.29 is 24.0 Å². The molecule has 0 saturated heterocycles. The normalized spacial score (nSPS) is 12.0. The lowest BCUT2D eigenvalue weighted by Crippen LogP contribution is -2.28. The number of nitrogens with zero attached hydrogens (tertiary/aromatic N) is 3. The first kappa shape index (κ1) is 17.6. The summed E-state index contributed by atoms with van der Waals surface area (Å²) in [5.41, 5.74) is 0.578. The van der Waals surface area contributed by atoms with E-state index in [1.807, 2.05) is 0 Å². The van der Waals surface area contributed by atoms with Gasteiger partial charge in [0.2, 0.25) is 11.8 Å². The molecule has 1 amide bonds. The molecule has 1 heterocycles. The second kappa shape index (κ2) is 7.69. The average molecular weight is 333 g/mol. The zero-order valence-corrected chi connectivity index (χ0v) is 13.7. The largest absolute Gasteiger partial charge is 0.478 e. The summed E-state index contributed by atoms with van der Waals surface area (Å²) in [7, 11) is 3.13. The van der Waals surface area contributed by atoms with Crippen molar-refractivity contribution in [1.82, 2.24) is 15.0 Å². The number of benzene rings is 1. The zero-order chi connectivity index (χ0) is 17.7. The zero-order valence-electron chi connectivity index (χ0n) is 13.7. The second-order valence-electron chi connectivity index (χ2n) is 5.31. The molecule has 1 unspecified atom stereocenters. The third-order valence-electron chi connectivity index (χ3n) is 3.59. The molecule has 24 heavy (non-hydrogen) atoms. The lowest BCUT2D eigenvalue weighted by Gasteiger charge is -2.15. The van der Waals surface area contributed by atoms with E-state index in [0.717, 1.165) is 0 Å². The van der Waals surface area contributed by atoms with Crippen molar-refractivity contribution in [1.29, 1.82) is 0 Å². The van der Waals surface area contributed by atoms with Crippen molar-refractivity contribution >= 4 is 11.9 Å². The molecule has 2 rings (SSSR count). The number of ether oxygens (including phenoxy) is 1. The van der Waals surface area contributed by atoms with Gasteiger partial charge in [-0.1, -0.05) is 23.4 Å². The molecule has 0 bridgehead atoms. The number of carbonyl (C=O) groups excluding carboxylic acids is 1. The quantitative estimate of drug-likeness (QED) is 0.821. The molecule has 0 aliphatic heterocycles. The number of likely N-dealkylation sites (N-methyl/N-ethyl adjacent to an activating group) is 1. The van der Waals surface area contributed by atoms with Crippen LogP contribution in [0.3, 0.4) is 0 Å². The van der Waals surface area contributed by atoms with E-state index in [9.17, 15) is 9.59 Å². The van der Waals surface area contributed by atoms with E-state index >= 15 is 0 Å². The van der Waals surface area contributed by atoms with Gasteiger partial charge in [0, 0.05) is 14.2 Å². The van der Waals surface area contributed by atoms with Crippen LogP contribution in [0, 0.1) is 0 Å². The Morgan fingerprint density at radius 3 is 2.75 bits per heavy atom. The van der Waals surface area contributed by atoms with Gasteiger partial charge >= 0.3 is 5.97 Å². The van der Waals surface area contributed by atoms with Crippen molar-refractivity contribution in [3.05, 3.63) is 47.1 Å². The fourth-order valence-electron chi connectivity index (χ4n) is 2.07. The van der Waals surface area contributed by atoms with E-state index in [2.05, 4.69) is 10.1 Å². The topological polar surface area (TPSA) is 106 Å². The summed E-state index contributed by atoms with van der Waals surface area (Å²) >= 11 is 0. The van der Waals surface area contributed by atoms with E-state index in [-0.39, 0.29) is 36.4 Å². The first-order chi connectivity index (χ1) is 11.4. The Morgan fingerprint density at radius 1 is 1.38 bits per heavy atom. The molecule has 0 fully saturated rings. The Bertz CT molecular complexity index is 728. The van der Waals surface area contributed by atoms with Gasteiger partial charge in [0.25, 0.3) is 0 Å². The van der Waals surface area contributed by atoms with E-state index < -0.39 is 5.97 Å². The van der Waals surface area contributed by atoms with Crippen molar-refractivity contribution in [2.45, 2.75) is 26.0 Å². The summed E-state index contributed by atoms with van der Waals surface area (Å²) in [6.45, 7) is 1.92. The maximum atomic E-state index is 12.3. The SMILES string of the molecule is COC(C)c1noc(CN(C)C(=O)Cc2ccccc2C(=O)O)n1. The van der Waals surface area contributed by atoms with Crippen LogP contribution < -0.4 is 0 Å². The third kappa shape index (κ3) is 4.17. The number of hydrogen-bond donors (Lipinski definition) is 1. The molecule has 1 atom stereocenters. The van der Waals surface area contributed by atoms with Gasteiger partial charge < -0.3 is 19.3 Å². The summed E-state index contributed by atoms with van der Waals surface area (Å²) in [4.78, 5) is 29.1. The van der Waals surface area contributed by atoms with Crippen molar-refractivity contribution in [3.63, 3.8) is 0 Å². The van der Waals surface area contributed by atoms with Gasteiger partial charge in [-0.25, -0.2) is 4.79 Å². The second-order valence-corrected chi connectivity index (χ2v) is 5.31. The molecule has 1 N–H and O–H groups in total. The molecule has 0 saturated carbocycles. The Hall–Kier alpha value is -2.74. The van der Waals surface area contributed by atoms with E-state index in [1.54, 1.807) is 32.2 Å². The Morgan fingerprint density at radius 2 is 2.08 bits per heavy atom. The summed E-state index contributed by atoms with van der Waals surface area (Å²) < 4.78 is 10.2. The average Bonchev–Trinajstić information content (AvgIpc) is 3.02. The highest BCUT2D eigenvalue weighted by Crippen LogP contribution is 2.14. The molecule has 0 aliphatic rings. The first-order valence-electron chi connectivity index (χ1n) is 7.32. The number of carboxylic acids is 1. The molecular weight excluding hydrogens is 314 g/mol.